The normalized spacial score (nSPS) is 25.2. The predicted molar refractivity (Wildman–Crippen MR) is 111 cm³/mol. The number of carbonyl (C=O) groups excluding carboxylic acids is 2. The Morgan fingerprint density at radius 2 is 1.89 bits per heavy atom. The first-order valence-corrected chi connectivity index (χ1v) is 10.6. The van der Waals surface area contributed by atoms with Crippen LogP contribution in [0.5, 0.6) is 0 Å². The first-order chi connectivity index (χ1) is 13.7. The highest BCUT2D eigenvalue weighted by Gasteiger charge is 2.36. The van der Waals surface area contributed by atoms with Crippen molar-refractivity contribution >= 4 is 17.9 Å². The number of rotatable bonds is 8. The maximum Gasteiger partial charge on any atom is 0.244 e. The Morgan fingerprint density at radius 3 is 2.57 bits per heavy atom. The SMILES string of the molecule is CCCO[C@@H]1CC[C@H](C(=O)NC2CCC2)C[C@H]1NC(=O)C=Cc1ccccc1. The molecule has 28 heavy (non-hydrogen) atoms. The van der Waals surface area contributed by atoms with Crippen molar-refractivity contribution in [2.45, 2.75) is 70.1 Å². The van der Waals surface area contributed by atoms with Gasteiger partial charge in [0.15, 0.2) is 0 Å². The zero-order valence-corrected chi connectivity index (χ0v) is 16.7. The molecular formula is C23H32N2O3. The van der Waals surface area contributed by atoms with Crippen LogP contribution in [0.2, 0.25) is 0 Å². The van der Waals surface area contributed by atoms with Crippen LogP contribution in [0.25, 0.3) is 6.08 Å². The van der Waals surface area contributed by atoms with Gasteiger partial charge >= 0.3 is 0 Å². The van der Waals surface area contributed by atoms with Crippen LogP contribution in [0, 0.1) is 5.92 Å². The molecule has 0 aliphatic heterocycles. The van der Waals surface area contributed by atoms with Crippen LogP contribution in [0.4, 0.5) is 0 Å². The number of amides is 2. The second kappa shape index (κ2) is 10.4. The molecule has 2 aliphatic rings. The number of benzene rings is 1. The molecule has 1 aromatic carbocycles. The topological polar surface area (TPSA) is 67.4 Å². The Hall–Kier alpha value is -2.14. The monoisotopic (exact) mass is 384 g/mol. The highest BCUT2D eigenvalue weighted by atomic mass is 16.5. The number of carbonyl (C=O) groups is 2. The van der Waals surface area contributed by atoms with E-state index in [-0.39, 0.29) is 29.9 Å². The minimum atomic E-state index is -0.140. The Bertz CT molecular complexity index is 670. The van der Waals surface area contributed by atoms with E-state index in [1.165, 1.54) is 6.42 Å². The summed E-state index contributed by atoms with van der Waals surface area (Å²) in [5, 5.41) is 6.24. The van der Waals surface area contributed by atoms with Crippen molar-refractivity contribution in [1.82, 2.24) is 10.6 Å². The molecule has 1 aromatic rings. The summed E-state index contributed by atoms with van der Waals surface area (Å²) in [5.41, 5.74) is 0.984. The van der Waals surface area contributed by atoms with E-state index in [9.17, 15) is 9.59 Å². The van der Waals surface area contributed by atoms with Gasteiger partial charge in [-0.05, 0) is 56.6 Å². The molecule has 2 N–H and O–H groups in total. The van der Waals surface area contributed by atoms with Crippen LogP contribution < -0.4 is 10.6 Å². The molecule has 0 saturated heterocycles. The van der Waals surface area contributed by atoms with Crippen molar-refractivity contribution in [2.75, 3.05) is 6.61 Å². The molecule has 0 unspecified atom stereocenters. The van der Waals surface area contributed by atoms with Crippen LogP contribution in [-0.4, -0.2) is 36.6 Å². The zero-order chi connectivity index (χ0) is 19.8. The van der Waals surface area contributed by atoms with Crippen LogP contribution in [0.15, 0.2) is 36.4 Å². The van der Waals surface area contributed by atoms with Crippen molar-refractivity contribution in [3.8, 4) is 0 Å². The van der Waals surface area contributed by atoms with Gasteiger partial charge in [0.2, 0.25) is 11.8 Å². The lowest BCUT2D eigenvalue weighted by molar-refractivity contribution is -0.130. The van der Waals surface area contributed by atoms with Crippen molar-refractivity contribution < 1.29 is 14.3 Å². The summed E-state index contributed by atoms with van der Waals surface area (Å²) in [6, 6.07) is 9.96. The fraction of sp³-hybridized carbons (Fsp3) is 0.565. The van der Waals surface area contributed by atoms with E-state index in [2.05, 4.69) is 17.6 Å². The summed E-state index contributed by atoms with van der Waals surface area (Å²) >= 11 is 0. The summed E-state index contributed by atoms with van der Waals surface area (Å²) < 4.78 is 5.98. The molecule has 2 fully saturated rings. The lowest BCUT2D eigenvalue weighted by Gasteiger charge is -2.37. The molecule has 0 bridgehead atoms. The Labute approximate surface area is 167 Å². The molecule has 0 aromatic heterocycles. The maximum absolute atomic E-state index is 12.6. The number of ether oxygens (including phenoxy) is 1. The standard InChI is InChI=1S/C23H32N2O3/c1-2-15-28-21-13-12-18(23(27)24-19-9-6-10-19)16-20(21)25-22(26)14-11-17-7-4-3-5-8-17/h3-5,7-8,11,14,18-21H,2,6,9-10,12-13,15-16H2,1H3,(H,24,27)(H,25,26)/t18-,20+,21+/m0/s1. The Morgan fingerprint density at radius 1 is 1.11 bits per heavy atom. The zero-order valence-electron chi connectivity index (χ0n) is 16.7. The second-order valence-electron chi connectivity index (χ2n) is 7.91. The van der Waals surface area contributed by atoms with E-state index in [1.54, 1.807) is 12.2 Å². The van der Waals surface area contributed by atoms with Crippen molar-refractivity contribution in [1.29, 1.82) is 0 Å². The Balaban J connectivity index is 1.58. The van der Waals surface area contributed by atoms with Gasteiger partial charge in [-0.15, -0.1) is 0 Å². The molecule has 5 heteroatoms. The molecule has 0 spiro atoms. The predicted octanol–water partition coefficient (Wildman–Crippen LogP) is 3.45. The van der Waals surface area contributed by atoms with Crippen molar-refractivity contribution in [3.05, 3.63) is 42.0 Å². The van der Waals surface area contributed by atoms with Gasteiger partial charge < -0.3 is 15.4 Å². The molecular weight excluding hydrogens is 352 g/mol. The molecule has 2 aliphatic carbocycles. The summed E-state index contributed by atoms with van der Waals surface area (Å²) in [7, 11) is 0. The van der Waals surface area contributed by atoms with Gasteiger partial charge in [-0.3, -0.25) is 9.59 Å². The number of hydrogen-bond acceptors (Lipinski definition) is 3. The van der Waals surface area contributed by atoms with Gasteiger partial charge in [-0.25, -0.2) is 0 Å². The summed E-state index contributed by atoms with van der Waals surface area (Å²) in [6.07, 6.45) is 9.92. The lowest BCUT2D eigenvalue weighted by atomic mass is 9.82. The van der Waals surface area contributed by atoms with Crippen LogP contribution in [0.3, 0.4) is 0 Å². The summed E-state index contributed by atoms with van der Waals surface area (Å²) in [4.78, 5) is 25.0. The minimum Gasteiger partial charge on any atom is -0.376 e. The molecule has 3 atom stereocenters. The van der Waals surface area contributed by atoms with Gasteiger partial charge in [0.05, 0.1) is 12.1 Å². The third kappa shape index (κ3) is 5.93. The van der Waals surface area contributed by atoms with Gasteiger partial charge in [-0.2, -0.15) is 0 Å². The second-order valence-corrected chi connectivity index (χ2v) is 7.91. The molecule has 2 amide bonds. The molecule has 2 saturated carbocycles. The fourth-order valence-corrected chi connectivity index (χ4v) is 3.84. The van der Waals surface area contributed by atoms with E-state index < -0.39 is 0 Å². The third-order valence-corrected chi connectivity index (χ3v) is 5.70. The molecule has 0 heterocycles. The molecule has 152 valence electrons. The smallest absolute Gasteiger partial charge is 0.244 e. The largest absolute Gasteiger partial charge is 0.376 e. The van der Waals surface area contributed by atoms with E-state index in [0.717, 1.165) is 37.7 Å². The number of hydrogen-bond donors (Lipinski definition) is 2. The van der Waals surface area contributed by atoms with Crippen molar-refractivity contribution in [3.63, 3.8) is 0 Å². The van der Waals surface area contributed by atoms with Gasteiger partial charge in [0.1, 0.15) is 0 Å². The fourth-order valence-electron chi connectivity index (χ4n) is 3.84. The first-order valence-electron chi connectivity index (χ1n) is 10.6. The van der Waals surface area contributed by atoms with Crippen molar-refractivity contribution in [2.24, 2.45) is 5.92 Å². The maximum atomic E-state index is 12.6. The van der Waals surface area contributed by atoms with E-state index in [4.69, 9.17) is 4.74 Å². The van der Waals surface area contributed by atoms with Gasteiger partial charge in [0, 0.05) is 24.6 Å². The highest BCUT2D eigenvalue weighted by Crippen LogP contribution is 2.28. The summed E-state index contributed by atoms with van der Waals surface area (Å²) in [5.74, 6) is -0.0535. The average Bonchev–Trinajstić information content (AvgIpc) is 2.68. The van der Waals surface area contributed by atoms with Gasteiger partial charge in [0.25, 0.3) is 0 Å². The summed E-state index contributed by atoms with van der Waals surface area (Å²) in [6.45, 7) is 2.75. The molecule has 0 radical (unpaired) electrons. The first kappa shape index (κ1) is 20.6. The van der Waals surface area contributed by atoms with Crippen LogP contribution in [-0.2, 0) is 14.3 Å². The van der Waals surface area contributed by atoms with Crippen LogP contribution >= 0.6 is 0 Å². The highest BCUT2D eigenvalue weighted by molar-refractivity contribution is 5.92. The lowest BCUT2D eigenvalue weighted by Crippen LogP contribution is -2.51. The van der Waals surface area contributed by atoms with E-state index >= 15 is 0 Å². The third-order valence-electron chi connectivity index (χ3n) is 5.70. The number of nitrogens with one attached hydrogen (secondary N) is 2. The Kier molecular flexibility index (Phi) is 7.66. The van der Waals surface area contributed by atoms with Gasteiger partial charge in [-0.1, -0.05) is 37.3 Å². The van der Waals surface area contributed by atoms with Crippen LogP contribution in [0.1, 0.15) is 57.4 Å². The van der Waals surface area contributed by atoms with E-state index in [0.29, 0.717) is 19.1 Å². The average molecular weight is 385 g/mol. The molecule has 3 rings (SSSR count). The quantitative estimate of drug-likeness (QED) is 0.675. The minimum absolute atomic E-state index is 0.0261. The molecule has 5 nitrogen and oxygen atoms in total. The van der Waals surface area contributed by atoms with E-state index in [1.807, 2.05) is 30.3 Å².